The lowest BCUT2D eigenvalue weighted by Gasteiger charge is -2.11. The van der Waals surface area contributed by atoms with Gasteiger partial charge in [-0.25, -0.2) is 0 Å². The van der Waals surface area contributed by atoms with Crippen LogP contribution >= 0.6 is 0 Å². The van der Waals surface area contributed by atoms with Gasteiger partial charge in [-0.15, -0.1) is 0 Å². The number of H-pyrrole nitrogens is 1. The smallest absolute Gasteiger partial charge is 0.272 e. The molecule has 0 aliphatic carbocycles. The highest BCUT2D eigenvalue weighted by Crippen LogP contribution is 2.15. The molecule has 1 aromatic heterocycles. The van der Waals surface area contributed by atoms with E-state index in [0.29, 0.717) is 17.0 Å². The van der Waals surface area contributed by atoms with E-state index < -0.39 is 6.10 Å². The Morgan fingerprint density at radius 2 is 2.06 bits per heavy atom. The second kappa shape index (κ2) is 5.10. The number of benzene rings is 1. The number of aromatic amines is 1. The van der Waals surface area contributed by atoms with E-state index in [0.717, 1.165) is 0 Å². The highest BCUT2D eigenvalue weighted by molar-refractivity contribution is 5.22. The maximum Gasteiger partial charge on any atom is 0.272 e. The summed E-state index contributed by atoms with van der Waals surface area (Å²) in [7, 11) is 1.61. The number of nitrogens with one attached hydrogen (secondary N) is 1. The molecular formula is C13H16N2O3. The average molecular weight is 248 g/mol. The first-order valence-electron chi connectivity index (χ1n) is 5.71. The molecule has 5 heteroatoms. The van der Waals surface area contributed by atoms with Crippen molar-refractivity contribution in [3.63, 3.8) is 0 Å². The molecule has 1 aromatic carbocycles. The van der Waals surface area contributed by atoms with Crippen LogP contribution in [0.5, 0.6) is 5.75 Å². The Hall–Kier alpha value is -2.01. The summed E-state index contributed by atoms with van der Waals surface area (Å²) in [5, 5.41) is 12.8. The Labute approximate surface area is 105 Å². The number of aliphatic hydroxyl groups excluding tert-OH is 1. The number of ether oxygens (including phenoxy) is 1. The van der Waals surface area contributed by atoms with E-state index in [4.69, 9.17) is 4.74 Å². The third kappa shape index (κ3) is 2.46. The van der Waals surface area contributed by atoms with Gasteiger partial charge in [0.15, 0.2) is 0 Å². The summed E-state index contributed by atoms with van der Waals surface area (Å²) < 4.78 is 6.77. The predicted octanol–water partition coefficient (Wildman–Crippen LogP) is 1.13. The molecule has 96 valence electrons. The minimum Gasteiger partial charge on any atom is -0.491 e. The first kappa shape index (κ1) is 12.4. The second-order valence-corrected chi connectivity index (χ2v) is 4.15. The Bertz CT molecular complexity index is 572. The number of para-hydroxylation sites is 1. The van der Waals surface area contributed by atoms with Crippen molar-refractivity contribution in [2.45, 2.75) is 13.0 Å². The Morgan fingerprint density at radius 1 is 1.39 bits per heavy atom. The van der Waals surface area contributed by atoms with Crippen LogP contribution in [0.15, 0.2) is 35.1 Å². The summed E-state index contributed by atoms with van der Waals surface area (Å²) in [5.41, 5.74) is 0.789. The fourth-order valence-corrected chi connectivity index (χ4v) is 1.87. The largest absolute Gasteiger partial charge is 0.491 e. The SMILES string of the molecule is Cc1[nH]n(C)c(=O)c1C(O)COc1ccccc1. The van der Waals surface area contributed by atoms with Gasteiger partial charge in [0.2, 0.25) is 0 Å². The van der Waals surface area contributed by atoms with Gasteiger partial charge in [0.25, 0.3) is 5.56 Å². The quantitative estimate of drug-likeness (QED) is 0.852. The van der Waals surface area contributed by atoms with Gasteiger partial charge in [-0.3, -0.25) is 14.6 Å². The van der Waals surface area contributed by atoms with Crippen LogP contribution in [0.4, 0.5) is 0 Å². The maximum atomic E-state index is 11.8. The van der Waals surface area contributed by atoms with E-state index in [9.17, 15) is 9.90 Å². The van der Waals surface area contributed by atoms with E-state index in [1.807, 2.05) is 18.2 Å². The summed E-state index contributed by atoms with van der Waals surface area (Å²) in [6.07, 6.45) is -0.935. The summed E-state index contributed by atoms with van der Waals surface area (Å²) >= 11 is 0. The van der Waals surface area contributed by atoms with Gasteiger partial charge in [-0.05, 0) is 19.1 Å². The van der Waals surface area contributed by atoms with E-state index in [-0.39, 0.29) is 12.2 Å². The molecule has 0 radical (unpaired) electrons. The third-order valence-electron chi connectivity index (χ3n) is 2.76. The monoisotopic (exact) mass is 248 g/mol. The lowest BCUT2D eigenvalue weighted by atomic mass is 10.1. The van der Waals surface area contributed by atoms with Crippen molar-refractivity contribution in [1.29, 1.82) is 0 Å². The Balaban J connectivity index is 2.09. The van der Waals surface area contributed by atoms with Gasteiger partial charge < -0.3 is 9.84 Å². The molecule has 1 heterocycles. The standard InChI is InChI=1S/C13H16N2O3/c1-9-12(13(17)15(2)14-9)11(16)8-18-10-6-4-3-5-7-10/h3-7,11,14,16H,8H2,1-2H3. The zero-order valence-corrected chi connectivity index (χ0v) is 10.4. The molecule has 0 aliphatic heterocycles. The lowest BCUT2D eigenvalue weighted by molar-refractivity contribution is 0.107. The minimum absolute atomic E-state index is 0.0535. The molecule has 0 fully saturated rings. The molecule has 0 amide bonds. The molecule has 0 spiro atoms. The van der Waals surface area contributed by atoms with Crippen LogP contribution in [0.3, 0.4) is 0 Å². The molecule has 0 bridgehead atoms. The van der Waals surface area contributed by atoms with Gasteiger partial charge >= 0.3 is 0 Å². The summed E-state index contributed by atoms with van der Waals surface area (Å²) in [6.45, 7) is 1.81. The molecule has 1 unspecified atom stereocenters. The van der Waals surface area contributed by atoms with Crippen LogP contribution < -0.4 is 10.3 Å². The molecule has 18 heavy (non-hydrogen) atoms. The number of hydrogen-bond acceptors (Lipinski definition) is 3. The van der Waals surface area contributed by atoms with Crippen molar-refractivity contribution in [2.75, 3.05) is 6.61 Å². The second-order valence-electron chi connectivity index (χ2n) is 4.15. The molecule has 5 nitrogen and oxygen atoms in total. The fourth-order valence-electron chi connectivity index (χ4n) is 1.87. The van der Waals surface area contributed by atoms with Crippen molar-refractivity contribution in [3.8, 4) is 5.75 Å². The highest BCUT2D eigenvalue weighted by Gasteiger charge is 2.18. The van der Waals surface area contributed by atoms with Crippen molar-refractivity contribution < 1.29 is 9.84 Å². The highest BCUT2D eigenvalue weighted by atomic mass is 16.5. The molecule has 0 saturated heterocycles. The number of aryl methyl sites for hydroxylation is 2. The molecule has 2 N–H and O–H groups in total. The average Bonchev–Trinajstić information content (AvgIpc) is 2.62. The summed E-state index contributed by atoms with van der Waals surface area (Å²) in [6, 6.07) is 9.18. The zero-order valence-electron chi connectivity index (χ0n) is 10.4. The van der Waals surface area contributed by atoms with Crippen molar-refractivity contribution in [3.05, 3.63) is 51.9 Å². The third-order valence-corrected chi connectivity index (χ3v) is 2.76. The van der Waals surface area contributed by atoms with Crippen molar-refractivity contribution in [1.82, 2.24) is 9.78 Å². The first-order valence-corrected chi connectivity index (χ1v) is 5.71. The lowest BCUT2D eigenvalue weighted by Crippen LogP contribution is -2.21. The Morgan fingerprint density at radius 3 is 2.61 bits per heavy atom. The van der Waals surface area contributed by atoms with Crippen molar-refractivity contribution in [2.24, 2.45) is 7.05 Å². The van der Waals surface area contributed by atoms with Gasteiger partial charge in [-0.1, -0.05) is 18.2 Å². The van der Waals surface area contributed by atoms with Gasteiger partial charge in [-0.2, -0.15) is 0 Å². The normalized spacial score (nSPS) is 12.4. The van der Waals surface area contributed by atoms with E-state index in [2.05, 4.69) is 5.10 Å². The number of rotatable bonds is 4. The van der Waals surface area contributed by atoms with E-state index in [1.165, 1.54) is 4.68 Å². The molecular weight excluding hydrogens is 232 g/mol. The molecule has 2 aromatic rings. The first-order chi connectivity index (χ1) is 8.59. The number of aromatic nitrogens is 2. The minimum atomic E-state index is -0.935. The van der Waals surface area contributed by atoms with Crippen LogP contribution in [-0.2, 0) is 7.05 Å². The number of nitrogens with zero attached hydrogens (tertiary/aromatic N) is 1. The van der Waals surface area contributed by atoms with E-state index in [1.54, 1.807) is 26.1 Å². The number of hydrogen-bond donors (Lipinski definition) is 2. The molecule has 0 aliphatic rings. The zero-order chi connectivity index (χ0) is 13.1. The van der Waals surface area contributed by atoms with Crippen LogP contribution in [-0.4, -0.2) is 21.5 Å². The maximum absolute atomic E-state index is 11.8. The van der Waals surface area contributed by atoms with Gasteiger partial charge in [0, 0.05) is 12.7 Å². The van der Waals surface area contributed by atoms with Crippen molar-refractivity contribution >= 4 is 0 Å². The van der Waals surface area contributed by atoms with Gasteiger partial charge in [0.05, 0.1) is 5.56 Å². The van der Waals surface area contributed by atoms with Crippen LogP contribution in [0.2, 0.25) is 0 Å². The Kier molecular flexibility index (Phi) is 3.53. The molecule has 1 atom stereocenters. The predicted molar refractivity (Wildman–Crippen MR) is 67.7 cm³/mol. The fraction of sp³-hybridized carbons (Fsp3) is 0.308. The van der Waals surface area contributed by atoms with Crippen LogP contribution in [0.1, 0.15) is 17.4 Å². The van der Waals surface area contributed by atoms with Crippen LogP contribution in [0.25, 0.3) is 0 Å². The number of aliphatic hydroxyl groups is 1. The van der Waals surface area contributed by atoms with Gasteiger partial charge in [0.1, 0.15) is 18.5 Å². The molecule has 2 rings (SSSR count). The van der Waals surface area contributed by atoms with Crippen LogP contribution in [0, 0.1) is 6.92 Å². The summed E-state index contributed by atoms with van der Waals surface area (Å²) in [5.74, 6) is 0.668. The topological polar surface area (TPSA) is 67.2 Å². The van der Waals surface area contributed by atoms with E-state index >= 15 is 0 Å². The molecule has 0 saturated carbocycles. The summed E-state index contributed by atoms with van der Waals surface area (Å²) in [4.78, 5) is 11.8.